The molecular weight excluding hydrogens is 395 g/mol. The molecule has 31 heavy (non-hydrogen) atoms. The number of nitrogens with one attached hydrogen (secondary N) is 1. The lowest BCUT2D eigenvalue weighted by Crippen LogP contribution is -2.31. The molecule has 1 aliphatic heterocycles. The number of aromatic nitrogens is 2. The molecule has 0 spiro atoms. The lowest BCUT2D eigenvalue weighted by atomic mass is 10.1. The van der Waals surface area contributed by atoms with Crippen LogP contribution in [0.5, 0.6) is 5.75 Å². The Labute approximate surface area is 180 Å². The summed E-state index contributed by atoms with van der Waals surface area (Å²) in [5.74, 6) is 0.672. The molecule has 4 rings (SSSR count). The van der Waals surface area contributed by atoms with Crippen LogP contribution in [-0.2, 0) is 11.3 Å². The molecule has 2 heterocycles. The highest BCUT2D eigenvalue weighted by molar-refractivity contribution is 5.77. The number of nitrogens with zero attached hydrogens (tertiary/aromatic N) is 3. The molecule has 0 aliphatic carbocycles. The predicted octanol–water partition coefficient (Wildman–Crippen LogP) is 4.52. The van der Waals surface area contributed by atoms with Crippen LogP contribution in [0.2, 0.25) is 0 Å². The lowest BCUT2D eigenvalue weighted by Gasteiger charge is -2.20. The number of halogens is 1. The Morgan fingerprint density at radius 3 is 2.94 bits per heavy atom. The number of fused-ring (bicyclic) bond motifs is 7. The summed E-state index contributed by atoms with van der Waals surface area (Å²) in [6.07, 6.45) is 6.20. The topological polar surface area (TPSA) is 67.4 Å². The second-order valence-electron chi connectivity index (χ2n) is 7.14. The van der Waals surface area contributed by atoms with Crippen LogP contribution in [0.1, 0.15) is 12.0 Å². The van der Waals surface area contributed by atoms with Gasteiger partial charge in [0.1, 0.15) is 5.75 Å². The number of alkyl halides is 1. The maximum absolute atomic E-state index is 13.1. The number of ether oxygens (including phenoxy) is 1. The summed E-state index contributed by atoms with van der Waals surface area (Å²) in [5.41, 5.74) is 3.39. The van der Waals surface area contributed by atoms with Crippen LogP contribution in [0.15, 0.2) is 72.9 Å². The number of benzene rings is 2. The minimum absolute atomic E-state index is 0.310. The minimum atomic E-state index is -1.02. The molecule has 0 unspecified atom stereocenters. The van der Waals surface area contributed by atoms with Crippen molar-refractivity contribution in [2.24, 2.45) is 0 Å². The highest BCUT2D eigenvalue weighted by Gasteiger charge is 2.13. The number of carbonyl (C=O) groups is 1. The number of hydrogen-bond donors (Lipinski definition) is 1. The van der Waals surface area contributed by atoms with Gasteiger partial charge in [0.05, 0.1) is 12.3 Å². The van der Waals surface area contributed by atoms with Crippen molar-refractivity contribution in [3.63, 3.8) is 0 Å². The summed E-state index contributed by atoms with van der Waals surface area (Å²) in [4.78, 5) is 22.5. The minimum Gasteiger partial charge on any atom is -0.493 e. The van der Waals surface area contributed by atoms with Gasteiger partial charge >= 0.3 is 0 Å². The number of anilines is 2. The molecule has 1 N–H and O–H groups in total. The zero-order chi connectivity index (χ0) is 21.5. The van der Waals surface area contributed by atoms with Crippen LogP contribution in [0, 0.1) is 0 Å². The van der Waals surface area contributed by atoms with E-state index >= 15 is 0 Å². The summed E-state index contributed by atoms with van der Waals surface area (Å²) >= 11 is 0. The van der Waals surface area contributed by atoms with Crippen LogP contribution >= 0.6 is 0 Å². The number of hydrogen-bond acceptors (Lipinski definition) is 5. The molecule has 1 amide bonds. The van der Waals surface area contributed by atoms with Crippen LogP contribution in [-0.4, -0.2) is 40.6 Å². The average Bonchev–Trinajstić information content (AvgIpc) is 2.80. The monoisotopic (exact) mass is 418 g/mol. The van der Waals surface area contributed by atoms with Crippen molar-refractivity contribution in [2.75, 3.05) is 25.1 Å². The van der Waals surface area contributed by atoms with Gasteiger partial charge in [-0.1, -0.05) is 36.4 Å². The van der Waals surface area contributed by atoms with Gasteiger partial charge in [-0.3, -0.25) is 4.79 Å². The van der Waals surface area contributed by atoms with Crippen LogP contribution in [0.3, 0.4) is 0 Å². The van der Waals surface area contributed by atoms with Crippen LogP contribution in [0.25, 0.3) is 11.3 Å². The fourth-order valence-corrected chi connectivity index (χ4v) is 3.33. The lowest BCUT2D eigenvalue weighted by molar-refractivity contribution is -0.132. The molecule has 7 heteroatoms. The molecule has 0 atom stereocenters. The molecule has 0 radical (unpaired) electrons. The third kappa shape index (κ3) is 5.45. The van der Waals surface area contributed by atoms with E-state index in [0.29, 0.717) is 32.1 Å². The first-order chi connectivity index (χ1) is 15.2. The zero-order valence-electron chi connectivity index (χ0n) is 17.0. The summed E-state index contributed by atoms with van der Waals surface area (Å²) in [7, 11) is 0. The van der Waals surface area contributed by atoms with Gasteiger partial charge in [-0.2, -0.15) is 0 Å². The van der Waals surface area contributed by atoms with E-state index in [1.165, 1.54) is 4.90 Å². The first-order valence-electron chi connectivity index (χ1n) is 10.1. The Bertz CT molecular complexity index is 1090. The van der Waals surface area contributed by atoms with Crippen molar-refractivity contribution in [3.05, 3.63) is 78.5 Å². The third-order valence-corrected chi connectivity index (χ3v) is 4.85. The SMILES string of the molecule is O=C(CF)N1C/C=C/CCOc2cccc(c2)-c2ccnc(n2)Nc2cccc(c2)C1. The van der Waals surface area contributed by atoms with Gasteiger partial charge in [-0.25, -0.2) is 14.4 Å². The molecule has 0 saturated carbocycles. The molecule has 3 aromatic rings. The second kappa shape index (κ2) is 9.84. The van der Waals surface area contributed by atoms with Gasteiger partial charge in [-0.05, 0) is 42.3 Å². The van der Waals surface area contributed by atoms with Crippen molar-refractivity contribution in [3.8, 4) is 17.0 Å². The van der Waals surface area contributed by atoms with Gasteiger partial charge in [0.15, 0.2) is 6.67 Å². The van der Waals surface area contributed by atoms with Gasteiger partial charge in [0, 0.05) is 30.5 Å². The van der Waals surface area contributed by atoms with Gasteiger partial charge in [0.25, 0.3) is 5.91 Å². The summed E-state index contributed by atoms with van der Waals surface area (Å²) < 4.78 is 18.9. The average molecular weight is 418 g/mol. The van der Waals surface area contributed by atoms with Crippen molar-refractivity contribution < 1.29 is 13.9 Å². The normalized spacial score (nSPS) is 15.1. The Balaban J connectivity index is 1.67. The van der Waals surface area contributed by atoms with Crippen molar-refractivity contribution in [2.45, 2.75) is 13.0 Å². The molecule has 1 aromatic heterocycles. The molecular formula is C24H23FN4O2. The first-order valence-corrected chi connectivity index (χ1v) is 10.1. The van der Waals surface area contributed by atoms with E-state index in [0.717, 1.165) is 28.3 Å². The number of carbonyl (C=O) groups excluding carboxylic acids is 1. The van der Waals surface area contributed by atoms with Crippen molar-refractivity contribution in [1.82, 2.24) is 14.9 Å². The Morgan fingerprint density at radius 1 is 1.13 bits per heavy atom. The largest absolute Gasteiger partial charge is 0.493 e. The zero-order valence-corrected chi connectivity index (χ0v) is 17.0. The summed E-state index contributed by atoms with van der Waals surface area (Å²) in [6, 6.07) is 17.2. The molecule has 0 fully saturated rings. The predicted molar refractivity (Wildman–Crippen MR) is 118 cm³/mol. The Morgan fingerprint density at radius 2 is 2.03 bits per heavy atom. The summed E-state index contributed by atoms with van der Waals surface area (Å²) in [5, 5.41) is 3.21. The second-order valence-corrected chi connectivity index (χ2v) is 7.14. The van der Waals surface area contributed by atoms with E-state index in [1.54, 1.807) is 6.20 Å². The van der Waals surface area contributed by atoms with Crippen molar-refractivity contribution in [1.29, 1.82) is 0 Å². The summed E-state index contributed by atoms with van der Waals surface area (Å²) in [6.45, 7) is 0.118. The third-order valence-electron chi connectivity index (χ3n) is 4.85. The molecule has 1 aliphatic rings. The molecule has 158 valence electrons. The first kappa shape index (κ1) is 20.5. The maximum Gasteiger partial charge on any atom is 0.254 e. The quantitative estimate of drug-likeness (QED) is 0.589. The molecule has 6 nitrogen and oxygen atoms in total. The van der Waals surface area contributed by atoms with E-state index in [1.807, 2.05) is 66.7 Å². The number of amides is 1. The van der Waals surface area contributed by atoms with E-state index in [9.17, 15) is 9.18 Å². The van der Waals surface area contributed by atoms with Gasteiger partial charge in [-0.15, -0.1) is 0 Å². The highest BCUT2D eigenvalue weighted by Crippen LogP contribution is 2.24. The Hall–Kier alpha value is -3.74. The van der Waals surface area contributed by atoms with Gasteiger partial charge < -0.3 is 15.0 Å². The Kier molecular flexibility index (Phi) is 6.52. The van der Waals surface area contributed by atoms with E-state index in [2.05, 4.69) is 15.3 Å². The van der Waals surface area contributed by atoms with Crippen LogP contribution in [0.4, 0.5) is 16.0 Å². The van der Waals surface area contributed by atoms with Gasteiger partial charge in [0.2, 0.25) is 5.95 Å². The molecule has 0 saturated heterocycles. The van der Waals surface area contributed by atoms with E-state index in [-0.39, 0.29) is 0 Å². The molecule has 2 aromatic carbocycles. The maximum atomic E-state index is 13.1. The fraction of sp³-hybridized carbons (Fsp3) is 0.208. The fourth-order valence-electron chi connectivity index (χ4n) is 3.33. The highest BCUT2D eigenvalue weighted by atomic mass is 19.1. The van der Waals surface area contributed by atoms with Crippen LogP contribution < -0.4 is 10.1 Å². The van der Waals surface area contributed by atoms with E-state index in [4.69, 9.17) is 4.74 Å². The standard InChI is InChI=1S/C24H23FN4O2/c25-16-23(30)29-12-2-1-3-13-31-21-9-5-7-19(15-21)22-10-11-26-24(28-22)27-20-8-4-6-18(14-20)17-29/h1-2,4-11,14-15H,3,12-13,16-17H2,(H,26,27,28)/b2-1+. The number of rotatable bonds is 1. The van der Waals surface area contributed by atoms with E-state index < -0.39 is 12.6 Å². The van der Waals surface area contributed by atoms with Crippen molar-refractivity contribution >= 4 is 17.5 Å². The smallest absolute Gasteiger partial charge is 0.254 e. The molecule has 6 bridgehead atoms.